The largest absolute Gasteiger partial charge is 0.372 e. The Morgan fingerprint density at radius 2 is 2.18 bits per heavy atom. The molecule has 0 aliphatic carbocycles. The molecule has 0 radical (unpaired) electrons. The maximum atomic E-state index is 11.2. The van der Waals surface area contributed by atoms with Gasteiger partial charge < -0.3 is 15.4 Å². The number of anilines is 1. The number of hydrogen-bond acceptors (Lipinski definition) is 6. The summed E-state index contributed by atoms with van der Waals surface area (Å²) in [6.45, 7) is 0.658. The zero-order chi connectivity index (χ0) is 15.4. The quantitative estimate of drug-likeness (QED) is 0.307. The Labute approximate surface area is 135 Å². The maximum absolute atomic E-state index is 11.2. The number of nitro groups is 1. The van der Waals surface area contributed by atoms with Gasteiger partial charge in [0.15, 0.2) is 0 Å². The minimum atomic E-state index is -0.395. The van der Waals surface area contributed by atoms with E-state index in [9.17, 15) is 10.1 Å². The van der Waals surface area contributed by atoms with E-state index < -0.39 is 4.92 Å². The van der Waals surface area contributed by atoms with Crippen LogP contribution in [0, 0.1) is 10.1 Å². The highest BCUT2D eigenvalue weighted by molar-refractivity contribution is 7.99. The molecular formula is C14H14N4O2S2. The zero-order valence-corrected chi connectivity index (χ0v) is 13.3. The molecule has 0 aliphatic rings. The van der Waals surface area contributed by atoms with Crippen LogP contribution in [-0.2, 0) is 0 Å². The van der Waals surface area contributed by atoms with Crippen LogP contribution >= 0.6 is 23.1 Å². The Morgan fingerprint density at radius 3 is 2.95 bits per heavy atom. The van der Waals surface area contributed by atoms with Gasteiger partial charge in [-0.2, -0.15) is 9.38 Å². The van der Waals surface area contributed by atoms with Crippen molar-refractivity contribution < 1.29 is 4.92 Å². The second kappa shape index (κ2) is 6.80. The van der Waals surface area contributed by atoms with E-state index in [1.54, 1.807) is 23.3 Å². The molecule has 6 nitrogen and oxygen atoms in total. The van der Waals surface area contributed by atoms with Crippen molar-refractivity contribution in [2.75, 3.05) is 17.6 Å². The number of aromatic nitrogens is 2. The Hall–Kier alpha value is -2.06. The number of rotatable bonds is 7. The third kappa shape index (κ3) is 3.23. The first-order chi connectivity index (χ1) is 10.8. The van der Waals surface area contributed by atoms with Crippen LogP contribution in [0.5, 0.6) is 0 Å². The fourth-order valence-electron chi connectivity index (χ4n) is 2.05. The van der Waals surface area contributed by atoms with Crippen molar-refractivity contribution >= 4 is 39.7 Å². The van der Waals surface area contributed by atoms with E-state index in [-0.39, 0.29) is 5.82 Å². The SMILES string of the molecule is O=[N+]([O-])c1c(NCCCSc2ccccc2)nc2sccn12. The normalized spacial score (nSPS) is 10.9. The minimum absolute atomic E-state index is 0.00645. The van der Waals surface area contributed by atoms with Crippen LogP contribution < -0.4 is 5.32 Å². The smallest absolute Gasteiger partial charge is 0.363 e. The Bertz CT molecular complexity index is 770. The average molecular weight is 334 g/mol. The molecule has 8 heteroatoms. The molecule has 22 heavy (non-hydrogen) atoms. The second-order valence-electron chi connectivity index (χ2n) is 4.54. The van der Waals surface area contributed by atoms with Crippen LogP contribution in [0.1, 0.15) is 6.42 Å². The van der Waals surface area contributed by atoms with Gasteiger partial charge in [0.1, 0.15) is 6.20 Å². The summed E-state index contributed by atoms with van der Waals surface area (Å²) in [5, 5.41) is 16.0. The van der Waals surface area contributed by atoms with E-state index in [0.717, 1.165) is 12.2 Å². The van der Waals surface area contributed by atoms with Crippen molar-refractivity contribution in [3.05, 3.63) is 52.0 Å². The van der Waals surface area contributed by atoms with Gasteiger partial charge in [-0.25, -0.2) is 0 Å². The van der Waals surface area contributed by atoms with E-state index in [1.807, 2.05) is 18.2 Å². The number of nitrogens with zero attached hydrogens (tertiary/aromatic N) is 3. The van der Waals surface area contributed by atoms with Crippen LogP contribution in [0.3, 0.4) is 0 Å². The maximum Gasteiger partial charge on any atom is 0.372 e. The number of nitrogens with one attached hydrogen (secondary N) is 1. The van der Waals surface area contributed by atoms with E-state index in [4.69, 9.17) is 0 Å². The number of imidazole rings is 1. The van der Waals surface area contributed by atoms with Crippen molar-refractivity contribution in [1.82, 2.24) is 9.38 Å². The summed E-state index contributed by atoms with van der Waals surface area (Å²) in [6.07, 6.45) is 2.57. The molecule has 0 aliphatic heterocycles. The van der Waals surface area contributed by atoms with Crippen molar-refractivity contribution in [2.24, 2.45) is 0 Å². The molecule has 2 heterocycles. The Morgan fingerprint density at radius 1 is 1.36 bits per heavy atom. The summed E-state index contributed by atoms with van der Waals surface area (Å²) in [7, 11) is 0. The standard InChI is InChI=1S/C14H14N4O2S2/c19-18(20)13-12(16-14-17(13)8-10-22-14)15-7-4-9-21-11-5-2-1-3-6-11/h1-3,5-6,8,10,15H,4,7,9H2. The average Bonchev–Trinajstić information content (AvgIpc) is 3.08. The molecule has 2 aromatic heterocycles. The second-order valence-corrected chi connectivity index (χ2v) is 6.58. The van der Waals surface area contributed by atoms with Crippen molar-refractivity contribution in [2.45, 2.75) is 11.3 Å². The lowest BCUT2D eigenvalue weighted by Gasteiger charge is -2.04. The van der Waals surface area contributed by atoms with E-state index in [2.05, 4.69) is 22.4 Å². The van der Waals surface area contributed by atoms with Gasteiger partial charge in [-0.05, 0) is 29.2 Å². The molecule has 0 fully saturated rings. The minimum Gasteiger partial charge on any atom is -0.363 e. The first kappa shape index (κ1) is 14.9. The molecule has 0 saturated heterocycles. The molecule has 1 N–H and O–H groups in total. The third-order valence-electron chi connectivity index (χ3n) is 3.04. The number of thioether (sulfide) groups is 1. The molecule has 3 rings (SSSR count). The van der Waals surface area contributed by atoms with Gasteiger partial charge in [0.05, 0.1) is 0 Å². The Balaban J connectivity index is 1.54. The lowest BCUT2D eigenvalue weighted by Crippen LogP contribution is -2.05. The fourth-order valence-corrected chi connectivity index (χ4v) is 3.64. The summed E-state index contributed by atoms with van der Waals surface area (Å²) in [5.74, 6) is 1.31. The van der Waals surface area contributed by atoms with Crippen LogP contribution in [0.25, 0.3) is 4.96 Å². The molecule has 0 amide bonds. The fraction of sp³-hybridized carbons (Fsp3) is 0.214. The van der Waals surface area contributed by atoms with Crippen LogP contribution in [0.4, 0.5) is 11.6 Å². The molecule has 0 bridgehead atoms. The van der Waals surface area contributed by atoms with E-state index in [1.165, 1.54) is 20.6 Å². The van der Waals surface area contributed by atoms with Gasteiger partial charge in [-0.3, -0.25) is 0 Å². The summed E-state index contributed by atoms with van der Waals surface area (Å²) >= 11 is 3.16. The zero-order valence-electron chi connectivity index (χ0n) is 11.6. The number of benzene rings is 1. The number of hydrogen-bond donors (Lipinski definition) is 1. The lowest BCUT2D eigenvalue weighted by molar-refractivity contribution is -0.389. The van der Waals surface area contributed by atoms with Crippen molar-refractivity contribution in [1.29, 1.82) is 0 Å². The molecular weight excluding hydrogens is 320 g/mol. The van der Waals surface area contributed by atoms with Crippen LogP contribution in [0.2, 0.25) is 0 Å². The molecule has 0 saturated carbocycles. The predicted molar refractivity (Wildman–Crippen MR) is 90.0 cm³/mol. The lowest BCUT2D eigenvalue weighted by atomic mass is 10.4. The highest BCUT2D eigenvalue weighted by atomic mass is 32.2. The topological polar surface area (TPSA) is 72.5 Å². The van der Waals surface area contributed by atoms with Crippen LogP contribution in [-0.4, -0.2) is 26.6 Å². The van der Waals surface area contributed by atoms with Gasteiger partial charge in [0, 0.05) is 16.8 Å². The van der Waals surface area contributed by atoms with E-state index in [0.29, 0.717) is 17.3 Å². The van der Waals surface area contributed by atoms with E-state index >= 15 is 0 Å². The predicted octanol–water partition coefficient (Wildman–Crippen LogP) is 3.90. The van der Waals surface area contributed by atoms with Gasteiger partial charge in [0.2, 0.25) is 5.82 Å². The highest BCUT2D eigenvalue weighted by Gasteiger charge is 2.22. The number of thiazole rings is 1. The summed E-state index contributed by atoms with van der Waals surface area (Å²) in [4.78, 5) is 16.9. The van der Waals surface area contributed by atoms with Crippen molar-refractivity contribution in [3.8, 4) is 0 Å². The van der Waals surface area contributed by atoms with Gasteiger partial charge in [0.25, 0.3) is 4.96 Å². The molecule has 1 aromatic carbocycles. The van der Waals surface area contributed by atoms with Gasteiger partial charge in [-0.15, -0.1) is 11.8 Å². The molecule has 3 aromatic rings. The first-order valence-corrected chi connectivity index (χ1v) is 8.64. The highest BCUT2D eigenvalue weighted by Crippen LogP contribution is 2.28. The Kier molecular flexibility index (Phi) is 4.59. The summed E-state index contributed by atoms with van der Waals surface area (Å²) in [5.41, 5.74) is 0. The molecule has 0 atom stereocenters. The van der Waals surface area contributed by atoms with Crippen LogP contribution in [0.15, 0.2) is 46.8 Å². The van der Waals surface area contributed by atoms with Gasteiger partial charge >= 0.3 is 5.82 Å². The van der Waals surface area contributed by atoms with Crippen molar-refractivity contribution in [3.63, 3.8) is 0 Å². The molecule has 114 valence electrons. The molecule has 0 unspecified atom stereocenters. The third-order valence-corrected chi connectivity index (χ3v) is 4.89. The summed E-state index contributed by atoms with van der Waals surface area (Å²) < 4.78 is 1.51. The molecule has 0 spiro atoms. The first-order valence-electron chi connectivity index (χ1n) is 6.77. The number of fused-ring (bicyclic) bond motifs is 1. The van der Waals surface area contributed by atoms with Gasteiger partial charge in [-0.1, -0.05) is 29.5 Å². The summed E-state index contributed by atoms with van der Waals surface area (Å²) in [6, 6.07) is 10.2. The monoisotopic (exact) mass is 334 g/mol.